The van der Waals surface area contributed by atoms with Crippen molar-refractivity contribution in [2.75, 3.05) is 6.54 Å². The van der Waals surface area contributed by atoms with Gasteiger partial charge >= 0.3 is 5.69 Å². The zero-order valence-electron chi connectivity index (χ0n) is 12.4. The van der Waals surface area contributed by atoms with Gasteiger partial charge in [0.1, 0.15) is 0 Å². The molecule has 0 fully saturated rings. The van der Waals surface area contributed by atoms with E-state index in [9.17, 15) is 4.79 Å². The molecule has 2 heterocycles. The van der Waals surface area contributed by atoms with E-state index in [-0.39, 0.29) is 11.7 Å². The highest BCUT2D eigenvalue weighted by molar-refractivity contribution is 5.79. The van der Waals surface area contributed by atoms with Crippen LogP contribution in [0.4, 0.5) is 0 Å². The fourth-order valence-electron chi connectivity index (χ4n) is 2.91. The third-order valence-electron chi connectivity index (χ3n) is 4.18. The van der Waals surface area contributed by atoms with Crippen LogP contribution in [0.2, 0.25) is 0 Å². The number of terminal acetylenes is 1. The molecule has 1 aliphatic heterocycles. The minimum absolute atomic E-state index is 0.0264. The van der Waals surface area contributed by atoms with Crippen molar-refractivity contribution in [3.05, 3.63) is 45.9 Å². The number of nitrogens with one attached hydrogen (secondary N) is 1. The molecule has 0 aliphatic carbocycles. The smallest absolute Gasteiger partial charge is 0.306 e. The molecule has 21 heavy (non-hydrogen) atoms. The second kappa shape index (κ2) is 5.27. The van der Waals surface area contributed by atoms with Gasteiger partial charge < -0.3 is 4.98 Å². The van der Waals surface area contributed by atoms with Crippen molar-refractivity contribution in [2.45, 2.75) is 33.0 Å². The number of benzene rings is 1. The summed E-state index contributed by atoms with van der Waals surface area (Å²) < 4.78 is 1.85. The molecule has 1 N–H and O–H groups in total. The maximum Gasteiger partial charge on any atom is 0.326 e. The molecule has 4 nitrogen and oxygen atoms in total. The first-order chi connectivity index (χ1) is 10.1. The number of imidazole rings is 1. The van der Waals surface area contributed by atoms with Crippen LogP contribution in [-0.2, 0) is 13.1 Å². The van der Waals surface area contributed by atoms with Crippen LogP contribution in [0, 0.1) is 12.3 Å². The summed E-state index contributed by atoms with van der Waals surface area (Å²) in [6.07, 6.45) is 7.47. The Balaban J connectivity index is 2.01. The van der Waals surface area contributed by atoms with Gasteiger partial charge in [-0.15, -0.1) is 6.42 Å². The van der Waals surface area contributed by atoms with E-state index in [4.69, 9.17) is 6.42 Å². The number of rotatable bonds is 2. The number of H-pyrrole nitrogens is 1. The molecule has 108 valence electrons. The number of hydrogen-bond acceptors (Lipinski definition) is 2. The predicted molar refractivity (Wildman–Crippen MR) is 85.0 cm³/mol. The normalized spacial score (nSPS) is 19.5. The summed E-state index contributed by atoms with van der Waals surface area (Å²) in [7, 11) is 0. The van der Waals surface area contributed by atoms with Crippen molar-refractivity contribution in [3.63, 3.8) is 0 Å². The van der Waals surface area contributed by atoms with Gasteiger partial charge in [0.25, 0.3) is 0 Å². The quantitative estimate of drug-likeness (QED) is 0.857. The maximum atomic E-state index is 12.1. The van der Waals surface area contributed by atoms with E-state index in [2.05, 4.69) is 34.9 Å². The lowest BCUT2D eigenvalue weighted by molar-refractivity contribution is 0.210. The molecule has 1 aromatic carbocycles. The van der Waals surface area contributed by atoms with Crippen molar-refractivity contribution in [3.8, 4) is 12.3 Å². The molecule has 2 aromatic rings. The highest BCUT2D eigenvalue weighted by atomic mass is 16.1. The van der Waals surface area contributed by atoms with Gasteiger partial charge in [-0.05, 0) is 31.1 Å². The summed E-state index contributed by atoms with van der Waals surface area (Å²) in [6, 6.07) is 6.32. The summed E-state index contributed by atoms with van der Waals surface area (Å²) in [4.78, 5) is 17.4. The fourth-order valence-corrected chi connectivity index (χ4v) is 2.91. The number of nitrogens with zero attached hydrogens (tertiary/aromatic N) is 2. The van der Waals surface area contributed by atoms with Crippen LogP contribution < -0.4 is 5.69 Å². The van der Waals surface area contributed by atoms with Gasteiger partial charge in [-0.3, -0.25) is 9.47 Å². The van der Waals surface area contributed by atoms with Crippen LogP contribution in [0.3, 0.4) is 0 Å². The molecule has 0 saturated carbocycles. The van der Waals surface area contributed by atoms with Crippen LogP contribution in [0.25, 0.3) is 11.0 Å². The Bertz CT molecular complexity index is 804. The molecule has 0 saturated heterocycles. The van der Waals surface area contributed by atoms with Crippen LogP contribution in [0.15, 0.2) is 34.6 Å². The monoisotopic (exact) mass is 281 g/mol. The molecule has 1 aromatic heterocycles. The zero-order valence-corrected chi connectivity index (χ0v) is 12.4. The number of hydrogen-bond donors (Lipinski definition) is 1. The summed E-state index contributed by atoms with van der Waals surface area (Å²) in [5.41, 5.74) is 4.06. The molecular formula is C17H19N3O. The minimum Gasteiger partial charge on any atom is -0.306 e. The molecule has 3 rings (SSSR count). The second-order valence-electron chi connectivity index (χ2n) is 5.66. The third-order valence-corrected chi connectivity index (χ3v) is 4.18. The summed E-state index contributed by atoms with van der Waals surface area (Å²) in [5.74, 6) is 2.65. The topological polar surface area (TPSA) is 41.0 Å². The van der Waals surface area contributed by atoms with Gasteiger partial charge in [0.2, 0.25) is 0 Å². The Hall–Kier alpha value is -2.25. The molecule has 0 amide bonds. The van der Waals surface area contributed by atoms with E-state index >= 15 is 0 Å². The molecule has 0 spiro atoms. The Morgan fingerprint density at radius 1 is 1.57 bits per heavy atom. The third kappa shape index (κ3) is 2.41. The van der Waals surface area contributed by atoms with Gasteiger partial charge in [-0.2, -0.15) is 0 Å². The van der Waals surface area contributed by atoms with Gasteiger partial charge in [0, 0.05) is 25.7 Å². The maximum absolute atomic E-state index is 12.1. The van der Waals surface area contributed by atoms with E-state index in [0.29, 0.717) is 6.54 Å². The van der Waals surface area contributed by atoms with Crippen molar-refractivity contribution >= 4 is 11.0 Å². The van der Waals surface area contributed by atoms with Crippen molar-refractivity contribution < 1.29 is 0 Å². The molecule has 1 unspecified atom stereocenters. The first-order valence-corrected chi connectivity index (χ1v) is 7.18. The molecule has 0 bridgehead atoms. The molecule has 4 heteroatoms. The second-order valence-corrected chi connectivity index (χ2v) is 5.66. The fraction of sp³-hybridized carbons (Fsp3) is 0.353. The van der Waals surface area contributed by atoms with Crippen LogP contribution in [-0.4, -0.2) is 27.0 Å². The first-order valence-electron chi connectivity index (χ1n) is 7.18. The highest BCUT2D eigenvalue weighted by Crippen LogP contribution is 2.23. The van der Waals surface area contributed by atoms with Crippen LogP contribution >= 0.6 is 0 Å². The SMILES string of the molecule is C#C/C(C)=C/CN1Cc2cccc3[nH]c(=O)n(c23)CC1C. The van der Waals surface area contributed by atoms with E-state index in [1.54, 1.807) is 0 Å². The van der Waals surface area contributed by atoms with E-state index < -0.39 is 0 Å². The van der Waals surface area contributed by atoms with Crippen LogP contribution in [0.5, 0.6) is 0 Å². The molecule has 1 aliphatic rings. The number of aromatic nitrogens is 2. The first kappa shape index (κ1) is 13.7. The van der Waals surface area contributed by atoms with Crippen molar-refractivity contribution in [2.24, 2.45) is 0 Å². The van der Waals surface area contributed by atoms with Gasteiger partial charge in [-0.25, -0.2) is 4.79 Å². The highest BCUT2D eigenvalue weighted by Gasteiger charge is 2.22. The Kier molecular flexibility index (Phi) is 3.44. The Morgan fingerprint density at radius 2 is 2.38 bits per heavy atom. The number of allylic oxidation sites excluding steroid dienone is 1. The van der Waals surface area contributed by atoms with Gasteiger partial charge in [0.05, 0.1) is 11.0 Å². The standard InChI is InChI=1S/C17H19N3O/c1-4-12(2)8-9-19-11-14-6-5-7-15-16(14)20(10-13(19)3)17(21)18-15/h1,5-8,13H,9-11H2,2-3H3,(H,18,21)/b12-8+. The molecule has 0 radical (unpaired) electrons. The number of para-hydroxylation sites is 1. The lowest BCUT2D eigenvalue weighted by atomic mass is 10.1. The van der Waals surface area contributed by atoms with E-state index in [0.717, 1.165) is 29.7 Å². The Labute approximate surface area is 124 Å². The van der Waals surface area contributed by atoms with E-state index in [1.807, 2.05) is 23.6 Å². The zero-order chi connectivity index (χ0) is 15.0. The van der Waals surface area contributed by atoms with Crippen molar-refractivity contribution in [1.29, 1.82) is 0 Å². The van der Waals surface area contributed by atoms with Gasteiger partial charge in [0.15, 0.2) is 0 Å². The minimum atomic E-state index is -0.0264. The van der Waals surface area contributed by atoms with Crippen molar-refractivity contribution in [1.82, 2.24) is 14.5 Å². The number of aromatic amines is 1. The Morgan fingerprint density at radius 3 is 3.14 bits per heavy atom. The summed E-state index contributed by atoms with van der Waals surface area (Å²) in [5, 5.41) is 0. The van der Waals surface area contributed by atoms with E-state index in [1.165, 1.54) is 5.56 Å². The van der Waals surface area contributed by atoms with Gasteiger partial charge in [-0.1, -0.05) is 24.1 Å². The largest absolute Gasteiger partial charge is 0.326 e. The lowest BCUT2D eigenvalue weighted by Crippen LogP contribution is -2.36. The average Bonchev–Trinajstić information content (AvgIpc) is 2.70. The molecular weight excluding hydrogens is 262 g/mol. The lowest BCUT2D eigenvalue weighted by Gasteiger charge is -2.25. The summed E-state index contributed by atoms with van der Waals surface area (Å²) in [6.45, 7) is 6.41. The molecule has 1 atom stereocenters. The van der Waals surface area contributed by atoms with Crippen LogP contribution in [0.1, 0.15) is 19.4 Å². The average molecular weight is 281 g/mol. The predicted octanol–water partition coefficient (Wildman–Crippen LogP) is 2.11. The summed E-state index contributed by atoms with van der Waals surface area (Å²) >= 11 is 0.